The van der Waals surface area contributed by atoms with Crippen molar-refractivity contribution in [2.45, 2.75) is 59.9 Å². The number of halogens is 1. The van der Waals surface area contributed by atoms with E-state index in [0.717, 1.165) is 31.2 Å². The van der Waals surface area contributed by atoms with Gasteiger partial charge >= 0.3 is 0 Å². The Kier molecular flexibility index (Phi) is 9.45. The predicted molar refractivity (Wildman–Crippen MR) is 102 cm³/mol. The minimum Gasteiger partial charge on any atom is -0.392 e. The lowest BCUT2D eigenvalue weighted by Crippen LogP contribution is -2.45. The van der Waals surface area contributed by atoms with Crippen molar-refractivity contribution in [2.24, 2.45) is 4.99 Å². The minimum atomic E-state index is -0.386. The first-order valence-corrected chi connectivity index (χ1v) is 9.05. The zero-order chi connectivity index (χ0) is 18.8. The Labute approximate surface area is 151 Å². The molecule has 0 saturated heterocycles. The molecule has 0 fully saturated rings. The summed E-state index contributed by atoms with van der Waals surface area (Å²) in [4.78, 5) is 6.97. The fourth-order valence-corrected chi connectivity index (χ4v) is 2.78. The van der Waals surface area contributed by atoms with Gasteiger partial charge in [0.15, 0.2) is 5.96 Å². The Morgan fingerprint density at radius 3 is 2.44 bits per heavy atom. The Bertz CT molecular complexity index is 538. The van der Waals surface area contributed by atoms with Crippen molar-refractivity contribution >= 4 is 5.96 Å². The third kappa shape index (κ3) is 7.40. The van der Waals surface area contributed by atoms with E-state index in [0.29, 0.717) is 24.2 Å². The maximum absolute atomic E-state index is 13.4. The number of guanidine groups is 1. The number of hydrogen-bond acceptors (Lipinski definition) is 3. The van der Waals surface area contributed by atoms with Crippen molar-refractivity contribution in [3.05, 3.63) is 35.1 Å². The number of aliphatic hydroxyl groups is 1. The number of rotatable bonds is 9. The minimum absolute atomic E-state index is 0.301. The molecule has 0 heterocycles. The molecule has 0 unspecified atom stereocenters. The first kappa shape index (κ1) is 21.4. The van der Waals surface area contributed by atoms with Crippen molar-refractivity contribution < 1.29 is 9.50 Å². The second-order valence-electron chi connectivity index (χ2n) is 6.63. The van der Waals surface area contributed by atoms with Gasteiger partial charge in [-0.3, -0.25) is 4.90 Å². The zero-order valence-corrected chi connectivity index (χ0v) is 16.1. The summed E-state index contributed by atoms with van der Waals surface area (Å²) in [5.74, 6) is 0.354. The number of aliphatic hydroxyl groups excluding tert-OH is 1. The second-order valence-corrected chi connectivity index (χ2v) is 6.63. The molecule has 6 heteroatoms. The van der Waals surface area contributed by atoms with E-state index in [2.05, 4.69) is 48.2 Å². The maximum atomic E-state index is 13.4. The fraction of sp³-hybridized carbons (Fsp3) is 0.632. The largest absolute Gasteiger partial charge is 0.392 e. The summed E-state index contributed by atoms with van der Waals surface area (Å²) in [6, 6.07) is 5.72. The predicted octanol–water partition coefficient (Wildman–Crippen LogP) is 2.49. The molecule has 3 N–H and O–H groups in total. The van der Waals surface area contributed by atoms with E-state index in [1.807, 2.05) is 6.92 Å². The van der Waals surface area contributed by atoms with E-state index in [-0.39, 0.29) is 12.4 Å². The highest BCUT2D eigenvalue weighted by atomic mass is 19.1. The lowest BCUT2D eigenvalue weighted by molar-refractivity contribution is 0.178. The Hall–Kier alpha value is -1.66. The summed E-state index contributed by atoms with van der Waals surface area (Å²) < 4.78 is 13.4. The Morgan fingerprint density at radius 1 is 1.20 bits per heavy atom. The van der Waals surface area contributed by atoms with Crippen LogP contribution in [0.25, 0.3) is 0 Å². The second kappa shape index (κ2) is 11.1. The van der Waals surface area contributed by atoms with E-state index in [1.54, 1.807) is 12.1 Å². The van der Waals surface area contributed by atoms with Gasteiger partial charge in [0.05, 0.1) is 13.2 Å². The van der Waals surface area contributed by atoms with Crippen molar-refractivity contribution in [2.75, 3.05) is 19.6 Å². The van der Waals surface area contributed by atoms with E-state index in [1.165, 1.54) is 6.07 Å². The fourth-order valence-electron chi connectivity index (χ4n) is 2.78. The SMILES string of the molecule is CCNC(=NCc1ccc(F)c(CO)c1)NCCN(C(C)C)C(C)C. The van der Waals surface area contributed by atoms with Gasteiger partial charge in [-0.1, -0.05) is 6.07 Å². The van der Waals surface area contributed by atoms with E-state index >= 15 is 0 Å². The third-order valence-electron chi connectivity index (χ3n) is 4.03. The molecule has 25 heavy (non-hydrogen) atoms. The smallest absolute Gasteiger partial charge is 0.191 e. The normalized spacial score (nSPS) is 12.3. The number of nitrogens with one attached hydrogen (secondary N) is 2. The van der Waals surface area contributed by atoms with Crippen LogP contribution < -0.4 is 10.6 Å². The standard InChI is InChI=1S/C19H33FN4O/c1-6-21-19(22-9-10-24(14(2)3)15(4)5)23-12-16-7-8-18(20)17(11-16)13-25/h7-8,11,14-15,25H,6,9-10,12-13H2,1-5H3,(H2,21,22,23). The molecular weight excluding hydrogens is 319 g/mol. The molecule has 1 aromatic carbocycles. The molecule has 0 amide bonds. The quantitative estimate of drug-likeness (QED) is 0.472. The summed E-state index contributed by atoms with van der Waals surface area (Å²) in [7, 11) is 0. The molecule has 1 aromatic rings. The average molecular weight is 352 g/mol. The number of hydrogen-bond donors (Lipinski definition) is 3. The van der Waals surface area contributed by atoms with Crippen molar-refractivity contribution in [3.63, 3.8) is 0 Å². The Balaban J connectivity index is 2.65. The highest BCUT2D eigenvalue weighted by molar-refractivity contribution is 5.79. The summed E-state index contributed by atoms with van der Waals surface area (Å²) in [5, 5.41) is 15.7. The van der Waals surface area contributed by atoms with E-state index in [4.69, 9.17) is 5.11 Å². The lowest BCUT2D eigenvalue weighted by atomic mass is 10.1. The van der Waals surface area contributed by atoms with Crippen LogP contribution in [0.2, 0.25) is 0 Å². The van der Waals surface area contributed by atoms with Crippen molar-refractivity contribution in [3.8, 4) is 0 Å². The highest BCUT2D eigenvalue weighted by Crippen LogP contribution is 2.11. The number of nitrogens with zero attached hydrogens (tertiary/aromatic N) is 2. The van der Waals surface area contributed by atoms with Crippen LogP contribution >= 0.6 is 0 Å². The molecule has 0 aliphatic carbocycles. The average Bonchev–Trinajstić information content (AvgIpc) is 2.56. The molecule has 0 spiro atoms. The van der Waals surface area contributed by atoms with Crippen molar-refractivity contribution in [1.82, 2.24) is 15.5 Å². The van der Waals surface area contributed by atoms with Crippen LogP contribution in [0, 0.1) is 5.82 Å². The molecular formula is C19H33FN4O. The summed E-state index contributed by atoms with van der Waals surface area (Å²) in [6.07, 6.45) is 0. The monoisotopic (exact) mass is 352 g/mol. The molecule has 0 saturated carbocycles. The lowest BCUT2D eigenvalue weighted by Gasteiger charge is -2.30. The molecule has 0 aromatic heterocycles. The van der Waals surface area contributed by atoms with Crippen molar-refractivity contribution in [1.29, 1.82) is 0 Å². The van der Waals surface area contributed by atoms with Gasteiger partial charge in [0.2, 0.25) is 0 Å². The first-order chi connectivity index (χ1) is 11.9. The highest BCUT2D eigenvalue weighted by Gasteiger charge is 2.12. The molecule has 142 valence electrons. The molecule has 0 atom stereocenters. The third-order valence-corrected chi connectivity index (χ3v) is 4.03. The zero-order valence-electron chi connectivity index (χ0n) is 16.1. The number of aliphatic imine (C=N–C) groups is 1. The molecule has 0 aliphatic rings. The topological polar surface area (TPSA) is 59.9 Å². The van der Waals surface area contributed by atoms with Crippen LogP contribution in [0.5, 0.6) is 0 Å². The van der Waals surface area contributed by atoms with E-state index in [9.17, 15) is 4.39 Å². The van der Waals surface area contributed by atoms with Gasteiger partial charge in [-0.05, 0) is 52.3 Å². The molecule has 0 aliphatic heterocycles. The molecule has 0 bridgehead atoms. The van der Waals surface area contributed by atoms with Gasteiger partial charge in [-0.15, -0.1) is 0 Å². The maximum Gasteiger partial charge on any atom is 0.191 e. The molecule has 5 nitrogen and oxygen atoms in total. The molecule has 0 radical (unpaired) electrons. The van der Waals surface area contributed by atoms with Gasteiger partial charge in [0, 0.05) is 37.3 Å². The van der Waals surface area contributed by atoms with Crippen LogP contribution in [0.3, 0.4) is 0 Å². The van der Waals surface area contributed by atoms with Crippen LogP contribution in [-0.4, -0.2) is 47.7 Å². The number of benzene rings is 1. The van der Waals surface area contributed by atoms with Gasteiger partial charge in [-0.25, -0.2) is 9.38 Å². The van der Waals surface area contributed by atoms with Gasteiger partial charge < -0.3 is 15.7 Å². The van der Waals surface area contributed by atoms with Gasteiger partial charge in [-0.2, -0.15) is 0 Å². The van der Waals surface area contributed by atoms with Gasteiger partial charge in [0.25, 0.3) is 0 Å². The summed E-state index contributed by atoms with van der Waals surface area (Å²) in [6.45, 7) is 13.5. The van der Waals surface area contributed by atoms with Crippen LogP contribution in [0.15, 0.2) is 23.2 Å². The van der Waals surface area contributed by atoms with Gasteiger partial charge in [0.1, 0.15) is 5.82 Å². The van der Waals surface area contributed by atoms with Crippen LogP contribution in [-0.2, 0) is 13.2 Å². The van der Waals surface area contributed by atoms with Crippen LogP contribution in [0.4, 0.5) is 4.39 Å². The summed E-state index contributed by atoms with van der Waals surface area (Å²) >= 11 is 0. The molecule has 1 rings (SSSR count). The first-order valence-electron chi connectivity index (χ1n) is 9.05. The Morgan fingerprint density at radius 2 is 1.88 bits per heavy atom. The summed E-state index contributed by atoms with van der Waals surface area (Å²) in [5.41, 5.74) is 1.17. The van der Waals surface area contributed by atoms with Crippen LogP contribution in [0.1, 0.15) is 45.7 Å². The van der Waals surface area contributed by atoms with E-state index < -0.39 is 0 Å².